The molecule has 0 bridgehead atoms. The number of carbonyl (C=O) groups is 2. The molecule has 2 unspecified atom stereocenters. The van der Waals surface area contributed by atoms with Gasteiger partial charge >= 0.3 is 12.0 Å². The topological polar surface area (TPSA) is 72.9 Å². The Bertz CT molecular complexity index is 375. The van der Waals surface area contributed by atoms with E-state index < -0.39 is 12.0 Å². The van der Waals surface area contributed by atoms with Crippen LogP contribution in [-0.2, 0) is 4.79 Å². The highest BCUT2D eigenvalue weighted by molar-refractivity contribution is 5.82. The molecule has 0 aromatic carbocycles. The van der Waals surface area contributed by atoms with Gasteiger partial charge in [0.15, 0.2) is 0 Å². The molecule has 2 amide bonds. The van der Waals surface area contributed by atoms with Gasteiger partial charge in [-0.2, -0.15) is 0 Å². The first-order valence-corrected chi connectivity index (χ1v) is 7.55. The van der Waals surface area contributed by atoms with Gasteiger partial charge in [-0.1, -0.05) is 20.3 Å². The van der Waals surface area contributed by atoms with Crippen LogP contribution in [0.2, 0.25) is 0 Å². The van der Waals surface area contributed by atoms with E-state index in [-0.39, 0.29) is 11.9 Å². The molecule has 2 aliphatic heterocycles. The molecule has 6 heteroatoms. The maximum Gasteiger partial charge on any atom is 0.326 e. The second-order valence-corrected chi connectivity index (χ2v) is 5.93. The third-order valence-corrected chi connectivity index (χ3v) is 4.63. The number of amides is 2. The average Bonchev–Trinajstić information content (AvgIpc) is 2.90. The van der Waals surface area contributed by atoms with E-state index in [1.54, 1.807) is 4.90 Å². The molecule has 2 heterocycles. The highest BCUT2D eigenvalue weighted by atomic mass is 16.4. The van der Waals surface area contributed by atoms with Crippen LogP contribution < -0.4 is 5.32 Å². The van der Waals surface area contributed by atoms with Crippen molar-refractivity contribution in [2.75, 3.05) is 26.2 Å². The monoisotopic (exact) mass is 283 g/mol. The second-order valence-electron chi connectivity index (χ2n) is 5.93. The van der Waals surface area contributed by atoms with Crippen LogP contribution in [0.15, 0.2) is 0 Å². The summed E-state index contributed by atoms with van der Waals surface area (Å²) in [5.41, 5.74) is 0. The SMILES string of the molecule is CCC(C)[C@H](NC(=O)N1CCN2CCCC2C1)C(=O)O. The standard InChI is InChI=1S/C14H25N3O3/c1-3-10(2)12(13(18)19)15-14(20)17-8-7-16-6-4-5-11(16)9-17/h10-12H,3-9H2,1-2H3,(H,15,20)(H,18,19)/t10?,11?,12-/m0/s1. The molecule has 6 nitrogen and oxygen atoms in total. The number of carbonyl (C=O) groups excluding carboxylic acids is 1. The van der Waals surface area contributed by atoms with Gasteiger partial charge in [-0.3, -0.25) is 4.90 Å². The summed E-state index contributed by atoms with van der Waals surface area (Å²) in [7, 11) is 0. The zero-order valence-electron chi connectivity index (χ0n) is 12.3. The van der Waals surface area contributed by atoms with Crippen molar-refractivity contribution in [3.63, 3.8) is 0 Å². The summed E-state index contributed by atoms with van der Waals surface area (Å²) < 4.78 is 0. The van der Waals surface area contributed by atoms with E-state index in [0.29, 0.717) is 12.6 Å². The van der Waals surface area contributed by atoms with Gasteiger partial charge in [0.1, 0.15) is 6.04 Å². The third kappa shape index (κ3) is 3.23. The van der Waals surface area contributed by atoms with Gasteiger partial charge in [0.05, 0.1) is 0 Å². The average molecular weight is 283 g/mol. The normalized spacial score (nSPS) is 25.9. The van der Waals surface area contributed by atoms with E-state index in [4.69, 9.17) is 0 Å². The number of urea groups is 1. The molecule has 114 valence electrons. The van der Waals surface area contributed by atoms with Crippen molar-refractivity contribution in [1.29, 1.82) is 0 Å². The zero-order valence-corrected chi connectivity index (χ0v) is 12.3. The summed E-state index contributed by atoms with van der Waals surface area (Å²) in [6.45, 7) is 7.23. The fourth-order valence-corrected chi connectivity index (χ4v) is 3.08. The molecule has 2 saturated heterocycles. The van der Waals surface area contributed by atoms with Crippen molar-refractivity contribution in [2.24, 2.45) is 5.92 Å². The highest BCUT2D eigenvalue weighted by Crippen LogP contribution is 2.21. The third-order valence-electron chi connectivity index (χ3n) is 4.63. The van der Waals surface area contributed by atoms with Crippen LogP contribution >= 0.6 is 0 Å². The maximum absolute atomic E-state index is 12.3. The number of nitrogens with zero attached hydrogens (tertiary/aromatic N) is 2. The minimum atomic E-state index is -0.952. The number of rotatable bonds is 4. The Morgan fingerprint density at radius 3 is 2.75 bits per heavy atom. The van der Waals surface area contributed by atoms with Crippen LogP contribution in [0.4, 0.5) is 4.79 Å². The lowest BCUT2D eigenvalue weighted by Gasteiger charge is -2.38. The number of fused-ring (bicyclic) bond motifs is 1. The number of hydrogen-bond acceptors (Lipinski definition) is 3. The smallest absolute Gasteiger partial charge is 0.326 e. The van der Waals surface area contributed by atoms with Crippen LogP contribution in [0.3, 0.4) is 0 Å². The molecule has 0 aromatic rings. The van der Waals surface area contributed by atoms with Gasteiger partial charge in [-0.05, 0) is 25.3 Å². The van der Waals surface area contributed by atoms with Gasteiger partial charge in [0.2, 0.25) is 0 Å². The molecule has 2 rings (SSSR count). The van der Waals surface area contributed by atoms with E-state index in [1.165, 1.54) is 6.42 Å². The van der Waals surface area contributed by atoms with Gasteiger partial charge in [-0.15, -0.1) is 0 Å². The number of hydrogen-bond donors (Lipinski definition) is 2. The van der Waals surface area contributed by atoms with Crippen molar-refractivity contribution in [3.8, 4) is 0 Å². The minimum absolute atomic E-state index is 0.0655. The molecule has 3 atom stereocenters. The van der Waals surface area contributed by atoms with Gasteiger partial charge in [-0.25, -0.2) is 9.59 Å². The van der Waals surface area contributed by atoms with Crippen molar-refractivity contribution >= 4 is 12.0 Å². The molecule has 0 radical (unpaired) electrons. The quantitative estimate of drug-likeness (QED) is 0.806. The summed E-state index contributed by atoms with van der Waals surface area (Å²) >= 11 is 0. The lowest BCUT2D eigenvalue weighted by Crippen LogP contribution is -2.57. The first-order valence-electron chi connectivity index (χ1n) is 7.55. The van der Waals surface area contributed by atoms with Crippen molar-refractivity contribution in [3.05, 3.63) is 0 Å². The zero-order chi connectivity index (χ0) is 14.7. The van der Waals surface area contributed by atoms with Gasteiger partial charge < -0.3 is 15.3 Å². The van der Waals surface area contributed by atoms with Crippen molar-refractivity contribution < 1.29 is 14.7 Å². The van der Waals surface area contributed by atoms with E-state index in [2.05, 4.69) is 10.2 Å². The van der Waals surface area contributed by atoms with Crippen molar-refractivity contribution in [2.45, 2.75) is 45.2 Å². The lowest BCUT2D eigenvalue weighted by atomic mass is 9.99. The van der Waals surface area contributed by atoms with Crippen LogP contribution in [0.25, 0.3) is 0 Å². The van der Waals surface area contributed by atoms with Crippen LogP contribution in [-0.4, -0.2) is 65.2 Å². The fraction of sp³-hybridized carbons (Fsp3) is 0.857. The van der Waals surface area contributed by atoms with E-state index in [0.717, 1.165) is 32.5 Å². The summed E-state index contributed by atoms with van der Waals surface area (Å²) in [5, 5.41) is 11.9. The Morgan fingerprint density at radius 1 is 1.35 bits per heavy atom. The molecule has 0 saturated carbocycles. The molecule has 0 aliphatic carbocycles. The summed E-state index contributed by atoms with van der Waals surface area (Å²) in [6.07, 6.45) is 3.07. The Balaban J connectivity index is 1.91. The Hall–Kier alpha value is -1.30. The number of piperazine rings is 1. The molecule has 0 spiro atoms. The summed E-state index contributed by atoms with van der Waals surface area (Å²) in [6, 6.07) is -0.570. The van der Waals surface area contributed by atoms with Gasteiger partial charge in [0.25, 0.3) is 0 Å². The fourth-order valence-electron chi connectivity index (χ4n) is 3.08. The van der Waals surface area contributed by atoms with E-state index in [1.807, 2.05) is 13.8 Å². The molecule has 2 N–H and O–H groups in total. The Labute approximate surface area is 120 Å². The molecular weight excluding hydrogens is 258 g/mol. The number of nitrogens with one attached hydrogen (secondary N) is 1. The Kier molecular flexibility index (Phi) is 4.86. The number of carboxylic acid groups (broad SMARTS) is 1. The van der Waals surface area contributed by atoms with Crippen LogP contribution in [0.1, 0.15) is 33.1 Å². The van der Waals surface area contributed by atoms with Crippen molar-refractivity contribution in [1.82, 2.24) is 15.1 Å². The van der Waals surface area contributed by atoms with Gasteiger partial charge in [0, 0.05) is 25.7 Å². The molecule has 2 fully saturated rings. The Morgan fingerprint density at radius 2 is 2.10 bits per heavy atom. The number of carboxylic acids is 1. The summed E-state index contributed by atoms with van der Waals surface area (Å²) in [4.78, 5) is 27.7. The first-order chi connectivity index (χ1) is 9.52. The predicted molar refractivity (Wildman–Crippen MR) is 75.6 cm³/mol. The summed E-state index contributed by atoms with van der Waals surface area (Å²) in [5.74, 6) is -1.02. The minimum Gasteiger partial charge on any atom is -0.480 e. The van der Waals surface area contributed by atoms with Crippen LogP contribution in [0, 0.1) is 5.92 Å². The highest BCUT2D eigenvalue weighted by Gasteiger charge is 2.34. The molecular formula is C14H25N3O3. The molecule has 2 aliphatic rings. The van der Waals surface area contributed by atoms with E-state index >= 15 is 0 Å². The largest absolute Gasteiger partial charge is 0.480 e. The number of aliphatic carboxylic acids is 1. The molecule has 0 aromatic heterocycles. The van der Waals surface area contributed by atoms with Crippen LogP contribution in [0.5, 0.6) is 0 Å². The predicted octanol–water partition coefficient (Wildman–Crippen LogP) is 0.975. The van der Waals surface area contributed by atoms with E-state index in [9.17, 15) is 14.7 Å². The second kappa shape index (κ2) is 6.43. The lowest BCUT2D eigenvalue weighted by molar-refractivity contribution is -0.140. The maximum atomic E-state index is 12.3. The molecule has 20 heavy (non-hydrogen) atoms. The first kappa shape index (κ1) is 15.1.